The molecule has 0 bridgehead atoms. The monoisotopic (exact) mass is 184 g/mol. The molecule has 0 aliphatic rings. The van der Waals surface area contributed by atoms with Gasteiger partial charge in [-0.15, -0.1) is 0 Å². The number of esters is 1. The summed E-state index contributed by atoms with van der Waals surface area (Å²) in [6.07, 6.45) is 0. The highest BCUT2D eigenvalue weighted by Gasteiger charge is 2.01. The topological polar surface area (TPSA) is 89.3 Å². The average molecular weight is 184 g/mol. The van der Waals surface area contributed by atoms with E-state index < -0.39 is 0 Å². The maximum Gasteiger partial charge on any atom is 0.337 e. The van der Waals surface area contributed by atoms with Crippen LogP contribution in [0.2, 0.25) is 0 Å². The summed E-state index contributed by atoms with van der Waals surface area (Å²) >= 11 is 0. The van der Waals surface area contributed by atoms with Crippen LogP contribution in [-0.2, 0) is 4.74 Å². The van der Waals surface area contributed by atoms with Crippen molar-refractivity contribution in [3.8, 4) is 0 Å². The van der Waals surface area contributed by atoms with E-state index in [0.29, 0.717) is 5.56 Å². The zero-order valence-corrected chi connectivity index (χ0v) is 7.63. The van der Waals surface area contributed by atoms with Gasteiger partial charge in [-0.2, -0.15) is 0 Å². The van der Waals surface area contributed by atoms with E-state index in [0.717, 1.165) is 5.46 Å². The van der Waals surface area contributed by atoms with Gasteiger partial charge in [-0.05, 0) is 12.1 Å². The molecule has 0 amide bonds. The maximum absolute atomic E-state index is 10.9. The fourth-order valence-corrected chi connectivity index (χ4v) is 0.807. The number of rotatable bonds is 1. The van der Waals surface area contributed by atoms with Crippen LogP contribution in [0.1, 0.15) is 10.4 Å². The lowest BCUT2D eigenvalue weighted by Crippen LogP contribution is -2.05. The second-order valence-corrected chi connectivity index (χ2v) is 2.36. The first kappa shape index (κ1) is 14.2. The van der Waals surface area contributed by atoms with E-state index in [4.69, 9.17) is 0 Å². The van der Waals surface area contributed by atoms with Crippen molar-refractivity contribution in [2.24, 2.45) is 0 Å². The second-order valence-electron chi connectivity index (χ2n) is 2.36. The van der Waals surface area contributed by atoms with Crippen molar-refractivity contribution >= 4 is 19.3 Å². The van der Waals surface area contributed by atoms with Crippen LogP contribution in [0.15, 0.2) is 24.3 Å². The Morgan fingerprint density at radius 1 is 1.23 bits per heavy atom. The standard InChI is InChI=1S/C8H9BO2.2H2O/c1-11-8(10)6-2-4-7(9)5-3-6;;/h2-5H,9H2,1H3;2*1H2. The highest BCUT2D eigenvalue weighted by molar-refractivity contribution is 6.32. The number of methoxy groups -OCH3 is 1. The lowest BCUT2D eigenvalue weighted by Gasteiger charge is -1.97. The van der Waals surface area contributed by atoms with Gasteiger partial charge < -0.3 is 15.7 Å². The molecule has 0 aromatic heterocycles. The Kier molecular flexibility index (Phi) is 6.80. The van der Waals surface area contributed by atoms with E-state index in [1.807, 2.05) is 20.0 Å². The van der Waals surface area contributed by atoms with Crippen LogP contribution in [0.5, 0.6) is 0 Å². The highest BCUT2D eigenvalue weighted by Crippen LogP contribution is 1.97. The van der Waals surface area contributed by atoms with Crippen molar-refractivity contribution in [3.05, 3.63) is 29.8 Å². The molecule has 0 saturated heterocycles. The zero-order valence-electron chi connectivity index (χ0n) is 7.63. The zero-order chi connectivity index (χ0) is 8.27. The van der Waals surface area contributed by atoms with Crippen molar-refractivity contribution in [1.82, 2.24) is 0 Å². The Hall–Kier alpha value is -1.33. The van der Waals surface area contributed by atoms with Crippen LogP contribution in [0, 0.1) is 0 Å². The minimum absolute atomic E-state index is 0. The van der Waals surface area contributed by atoms with E-state index in [2.05, 4.69) is 4.74 Å². The summed E-state index contributed by atoms with van der Waals surface area (Å²) in [6, 6.07) is 7.26. The van der Waals surface area contributed by atoms with Crippen LogP contribution < -0.4 is 5.46 Å². The predicted octanol–water partition coefficient (Wildman–Crippen LogP) is -1.92. The summed E-state index contributed by atoms with van der Waals surface area (Å²) in [5, 5.41) is 0. The number of hydrogen-bond donors (Lipinski definition) is 0. The summed E-state index contributed by atoms with van der Waals surface area (Å²) in [4.78, 5) is 10.9. The van der Waals surface area contributed by atoms with E-state index >= 15 is 0 Å². The third-order valence-corrected chi connectivity index (χ3v) is 1.47. The summed E-state index contributed by atoms with van der Waals surface area (Å²) < 4.78 is 4.54. The molecule has 0 fully saturated rings. The number of benzene rings is 1. The van der Waals surface area contributed by atoms with Gasteiger partial charge in [0.05, 0.1) is 12.7 Å². The molecule has 1 aromatic rings. The van der Waals surface area contributed by atoms with E-state index in [1.165, 1.54) is 7.11 Å². The normalized spacial score (nSPS) is 7.77. The first-order valence-electron chi connectivity index (χ1n) is 3.39. The van der Waals surface area contributed by atoms with Crippen molar-refractivity contribution < 1.29 is 20.5 Å². The molecule has 13 heavy (non-hydrogen) atoms. The van der Waals surface area contributed by atoms with Crippen molar-refractivity contribution in [2.45, 2.75) is 0 Å². The fraction of sp³-hybridized carbons (Fsp3) is 0.125. The van der Waals surface area contributed by atoms with Gasteiger partial charge >= 0.3 is 5.97 Å². The van der Waals surface area contributed by atoms with Crippen molar-refractivity contribution in [3.63, 3.8) is 0 Å². The summed E-state index contributed by atoms with van der Waals surface area (Å²) in [6.45, 7) is 0. The fourth-order valence-electron chi connectivity index (χ4n) is 0.807. The van der Waals surface area contributed by atoms with Gasteiger partial charge in [0.25, 0.3) is 0 Å². The Balaban J connectivity index is 0. The van der Waals surface area contributed by atoms with Crippen molar-refractivity contribution in [1.29, 1.82) is 0 Å². The van der Waals surface area contributed by atoms with Gasteiger partial charge in [0.1, 0.15) is 7.85 Å². The first-order valence-corrected chi connectivity index (χ1v) is 3.39. The Bertz CT molecular complexity index is 257. The third kappa shape index (κ3) is 3.73. The number of carbonyl (C=O) groups is 1. The van der Waals surface area contributed by atoms with Gasteiger partial charge in [0.15, 0.2) is 0 Å². The molecule has 0 aliphatic carbocycles. The van der Waals surface area contributed by atoms with Crippen LogP contribution in [0.25, 0.3) is 0 Å². The number of hydrogen-bond acceptors (Lipinski definition) is 2. The van der Waals surface area contributed by atoms with Gasteiger partial charge in [-0.1, -0.05) is 17.6 Å². The molecule has 0 radical (unpaired) electrons. The molecule has 4 nitrogen and oxygen atoms in total. The minimum atomic E-state index is -0.287. The molecular formula is C8H13BO4. The smallest absolute Gasteiger partial charge is 0.337 e. The molecule has 0 aliphatic heterocycles. The van der Waals surface area contributed by atoms with Crippen LogP contribution in [0.4, 0.5) is 0 Å². The summed E-state index contributed by atoms with van der Waals surface area (Å²) in [7, 11) is 3.35. The molecule has 0 saturated carbocycles. The largest absolute Gasteiger partial charge is 0.465 e. The van der Waals surface area contributed by atoms with Gasteiger partial charge in [0, 0.05) is 0 Å². The highest BCUT2D eigenvalue weighted by atomic mass is 16.5. The molecule has 5 heteroatoms. The lowest BCUT2D eigenvalue weighted by molar-refractivity contribution is 0.0601. The first-order chi connectivity index (χ1) is 5.24. The molecular weight excluding hydrogens is 171 g/mol. The second kappa shape index (κ2) is 6.22. The molecule has 1 aromatic carbocycles. The van der Waals surface area contributed by atoms with Crippen molar-refractivity contribution in [2.75, 3.05) is 7.11 Å². The Morgan fingerprint density at radius 3 is 2.08 bits per heavy atom. The third-order valence-electron chi connectivity index (χ3n) is 1.47. The number of ether oxygens (including phenoxy) is 1. The van der Waals surface area contributed by atoms with Gasteiger partial charge in [-0.25, -0.2) is 4.79 Å². The lowest BCUT2D eigenvalue weighted by atomic mass is 9.95. The van der Waals surface area contributed by atoms with Crippen LogP contribution in [-0.4, -0.2) is 31.9 Å². The van der Waals surface area contributed by atoms with E-state index in [-0.39, 0.29) is 16.9 Å². The Labute approximate surface area is 77.5 Å². The molecule has 1 rings (SSSR count). The van der Waals surface area contributed by atoms with Crippen LogP contribution in [0.3, 0.4) is 0 Å². The molecule has 0 unspecified atom stereocenters. The number of carbonyl (C=O) groups excluding carboxylic acids is 1. The average Bonchev–Trinajstić information content (AvgIpc) is 2.05. The molecule has 4 N–H and O–H groups in total. The Morgan fingerprint density at radius 2 is 1.69 bits per heavy atom. The van der Waals surface area contributed by atoms with Crippen LogP contribution >= 0.6 is 0 Å². The molecule has 0 spiro atoms. The quantitative estimate of drug-likeness (QED) is 0.376. The molecule has 0 atom stereocenters. The van der Waals surface area contributed by atoms with Gasteiger partial charge in [-0.3, -0.25) is 0 Å². The summed E-state index contributed by atoms with van der Waals surface area (Å²) in [5.74, 6) is -0.287. The molecule has 72 valence electrons. The maximum atomic E-state index is 10.9. The molecule has 0 heterocycles. The predicted molar refractivity (Wildman–Crippen MR) is 53.2 cm³/mol. The minimum Gasteiger partial charge on any atom is -0.465 e. The van der Waals surface area contributed by atoms with E-state index in [1.54, 1.807) is 12.1 Å². The SMILES string of the molecule is Bc1ccc(C(=O)OC)cc1.O.O. The van der Waals surface area contributed by atoms with Gasteiger partial charge in [0.2, 0.25) is 0 Å². The van der Waals surface area contributed by atoms with E-state index in [9.17, 15) is 4.79 Å². The summed E-state index contributed by atoms with van der Waals surface area (Å²) in [5.41, 5.74) is 1.73.